The van der Waals surface area contributed by atoms with Crippen LogP contribution in [0.4, 0.5) is 11.4 Å². The van der Waals surface area contributed by atoms with Gasteiger partial charge in [0.25, 0.3) is 0 Å². The van der Waals surface area contributed by atoms with Crippen LogP contribution in [0.5, 0.6) is 0 Å². The molecule has 0 saturated heterocycles. The van der Waals surface area contributed by atoms with Crippen molar-refractivity contribution in [3.63, 3.8) is 0 Å². The van der Waals surface area contributed by atoms with Crippen LogP contribution in [-0.2, 0) is 0 Å². The maximum atomic E-state index is 3.58. The maximum absolute atomic E-state index is 3.58. The van der Waals surface area contributed by atoms with Gasteiger partial charge < -0.3 is 15.1 Å². The third kappa shape index (κ3) is 3.52. The molecule has 2 rings (SSSR count). The van der Waals surface area contributed by atoms with Crippen molar-refractivity contribution < 1.29 is 0 Å². The molecule has 1 aliphatic rings. The highest BCUT2D eigenvalue weighted by Gasteiger charge is 2.31. The Labute approximate surface area is 130 Å². The zero-order valence-electron chi connectivity index (χ0n) is 14.2. The lowest BCUT2D eigenvalue weighted by Gasteiger charge is -2.43. The van der Waals surface area contributed by atoms with Gasteiger partial charge in [-0.05, 0) is 36.9 Å². The van der Waals surface area contributed by atoms with Gasteiger partial charge in [-0.2, -0.15) is 0 Å². The van der Waals surface area contributed by atoms with Crippen molar-refractivity contribution >= 4 is 11.4 Å². The molecule has 1 aromatic rings. The molecule has 0 unspecified atom stereocenters. The number of nitrogens with zero attached hydrogens (tertiary/aromatic N) is 2. The molecule has 0 saturated carbocycles. The standard InChI is InChI=1S/C18H31N3/c1-5-18(6-2,14-19-7-3)15-21-13-12-20(4)16-10-8-9-11-17(16)21/h8-11,19H,5-7,12-15H2,1-4H3. The molecule has 0 amide bonds. The SMILES string of the molecule is CCNCC(CC)(CC)CN1CCN(C)c2ccccc21. The van der Waals surface area contributed by atoms with Crippen molar-refractivity contribution in [3.05, 3.63) is 24.3 Å². The second-order valence-corrected chi connectivity index (χ2v) is 6.32. The molecule has 1 aliphatic heterocycles. The summed E-state index contributed by atoms with van der Waals surface area (Å²) in [6.45, 7) is 12.4. The lowest BCUT2D eigenvalue weighted by atomic mass is 9.81. The predicted molar refractivity (Wildman–Crippen MR) is 93.5 cm³/mol. The molecule has 0 fully saturated rings. The van der Waals surface area contributed by atoms with Crippen LogP contribution in [0.3, 0.4) is 0 Å². The molecule has 0 spiro atoms. The van der Waals surface area contributed by atoms with Crippen LogP contribution in [0.15, 0.2) is 24.3 Å². The second kappa shape index (κ2) is 7.17. The van der Waals surface area contributed by atoms with E-state index in [1.807, 2.05) is 0 Å². The number of nitrogens with one attached hydrogen (secondary N) is 1. The molecule has 0 aromatic heterocycles. The Kier molecular flexibility index (Phi) is 5.51. The lowest BCUT2D eigenvalue weighted by Crippen LogP contribution is -2.48. The number of para-hydroxylation sites is 2. The first kappa shape index (κ1) is 16.2. The van der Waals surface area contributed by atoms with E-state index >= 15 is 0 Å². The Hall–Kier alpha value is -1.22. The molecular formula is C18H31N3. The Morgan fingerprint density at radius 1 is 1.05 bits per heavy atom. The minimum absolute atomic E-state index is 0.374. The number of benzene rings is 1. The van der Waals surface area contributed by atoms with E-state index in [2.05, 4.69) is 67.2 Å². The molecule has 1 N–H and O–H groups in total. The third-order valence-electron chi connectivity index (χ3n) is 5.12. The van der Waals surface area contributed by atoms with Gasteiger partial charge in [0.05, 0.1) is 11.4 Å². The van der Waals surface area contributed by atoms with Crippen LogP contribution in [0.2, 0.25) is 0 Å². The summed E-state index contributed by atoms with van der Waals surface area (Å²) >= 11 is 0. The fourth-order valence-corrected chi connectivity index (χ4v) is 3.30. The molecule has 0 atom stereocenters. The molecule has 3 heteroatoms. The summed E-state index contributed by atoms with van der Waals surface area (Å²) in [7, 11) is 2.20. The molecular weight excluding hydrogens is 258 g/mol. The Morgan fingerprint density at radius 2 is 1.71 bits per heavy atom. The van der Waals surface area contributed by atoms with E-state index in [0.29, 0.717) is 5.41 Å². The predicted octanol–water partition coefficient (Wildman–Crippen LogP) is 3.36. The summed E-state index contributed by atoms with van der Waals surface area (Å²) in [6.07, 6.45) is 2.45. The van der Waals surface area contributed by atoms with Crippen molar-refractivity contribution in [1.29, 1.82) is 0 Å². The monoisotopic (exact) mass is 289 g/mol. The number of fused-ring (bicyclic) bond motifs is 1. The zero-order valence-corrected chi connectivity index (χ0v) is 14.2. The minimum atomic E-state index is 0.374. The topological polar surface area (TPSA) is 18.5 Å². The Bertz CT molecular complexity index is 440. The van der Waals surface area contributed by atoms with Crippen LogP contribution < -0.4 is 15.1 Å². The van der Waals surface area contributed by atoms with Crippen LogP contribution in [0.1, 0.15) is 33.6 Å². The summed E-state index contributed by atoms with van der Waals surface area (Å²) in [5.41, 5.74) is 3.14. The molecule has 0 bridgehead atoms. The molecule has 0 radical (unpaired) electrons. The molecule has 21 heavy (non-hydrogen) atoms. The zero-order chi connectivity index (χ0) is 15.3. The minimum Gasteiger partial charge on any atom is -0.371 e. The highest BCUT2D eigenvalue weighted by Crippen LogP contribution is 2.36. The van der Waals surface area contributed by atoms with Gasteiger partial charge in [0.1, 0.15) is 0 Å². The highest BCUT2D eigenvalue weighted by molar-refractivity contribution is 5.73. The van der Waals surface area contributed by atoms with E-state index in [4.69, 9.17) is 0 Å². The number of hydrogen-bond acceptors (Lipinski definition) is 3. The number of rotatable bonds is 7. The molecule has 3 nitrogen and oxygen atoms in total. The van der Waals surface area contributed by atoms with E-state index in [0.717, 1.165) is 32.7 Å². The van der Waals surface area contributed by atoms with E-state index in [9.17, 15) is 0 Å². The molecule has 0 aliphatic carbocycles. The summed E-state index contributed by atoms with van der Waals surface area (Å²) in [5.74, 6) is 0. The van der Waals surface area contributed by atoms with E-state index in [1.54, 1.807) is 0 Å². The summed E-state index contributed by atoms with van der Waals surface area (Å²) < 4.78 is 0. The van der Waals surface area contributed by atoms with Crippen LogP contribution in [-0.4, -0.2) is 39.8 Å². The lowest BCUT2D eigenvalue weighted by molar-refractivity contribution is 0.254. The quantitative estimate of drug-likeness (QED) is 0.830. The second-order valence-electron chi connectivity index (χ2n) is 6.32. The average molecular weight is 289 g/mol. The van der Waals surface area contributed by atoms with Crippen molar-refractivity contribution in [2.45, 2.75) is 33.6 Å². The van der Waals surface area contributed by atoms with E-state index < -0.39 is 0 Å². The normalized spacial score (nSPS) is 15.2. The van der Waals surface area contributed by atoms with Crippen LogP contribution in [0.25, 0.3) is 0 Å². The smallest absolute Gasteiger partial charge is 0.0604 e. The number of anilines is 2. The van der Waals surface area contributed by atoms with Gasteiger partial charge >= 0.3 is 0 Å². The van der Waals surface area contributed by atoms with Crippen LogP contribution >= 0.6 is 0 Å². The van der Waals surface area contributed by atoms with Crippen molar-refractivity contribution in [1.82, 2.24) is 5.32 Å². The van der Waals surface area contributed by atoms with Crippen molar-refractivity contribution in [2.75, 3.05) is 49.6 Å². The fourth-order valence-electron chi connectivity index (χ4n) is 3.30. The number of likely N-dealkylation sites (N-methyl/N-ethyl adjacent to an activating group) is 1. The van der Waals surface area contributed by atoms with Gasteiger partial charge in [-0.3, -0.25) is 0 Å². The fraction of sp³-hybridized carbons (Fsp3) is 0.667. The Balaban J connectivity index is 2.20. The summed E-state index contributed by atoms with van der Waals surface area (Å²) in [5, 5.41) is 3.58. The van der Waals surface area contributed by atoms with Crippen molar-refractivity contribution in [3.8, 4) is 0 Å². The van der Waals surface area contributed by atoms with Gasteiger partial charge in [0.15, 0.2) is 0 Å². The van der Waals surface area contributed by atoms with E-state index in [1.165, 1.54) is 24.2 Å². The first-order valence-electron chi connectivity index (χ1n) is 8.41. The van der Waals surface area contributed by atoms with Gasteiger partial charge in [-0.1, -0.05) is 32.9 Å². The Morgan fingerprint density at radius 3 is 2.33 bits per heavy atom. The summed E-state index contributed by atoms with van der Waals surface area (Å²) in [4.78, 5) is 4.97. The number of hydrogen-bond donors (Lipinski definition) is 1. The first-order chi connectivity index (χ1) is 10.2. The largest absolute Gasteiger partial charge is 0.371 e. The molecule has 1 aromatic carbocycles. The van der Waals surface area contributed by atoms with Gasteiger partial charge in [0.2, 0.25) is 0 Å². The maximum Gasteiger partial charge on any atom is 0.0604 e. The van der Waals surface area contributed by atoms with Gasteiger partial charge in [-0.25, -0.2) is 0 Å². The molecule has 118 valence electrons. The van der Waals surface area contributed by atoms with Gasteiger partial charge in [-0.15, -0.1) is 0 Å². The van der Waals surface area contributed by atoms with Crippen LogP contribution in [0, 0.1) is 5.41 Å². The highest BCUT2D eigenvalue weighted by atomic mass is 15.3. The third-order valence-corrected chi connectivity index (χ3v) is 5.12. The van der Waals surface area contributed by atoms with Crippen molar-refractivity contribution in [2.24, 2.45) is 5.41 Å². The van der Waals surface area contributed by atoms with E-state index in [-0.39, 0.29) is 0 Å². The van der Waals surface area contributed by atoms with Gasteiger partial charge in [0, 0.05) is 33.2 Å². The molecule has 1 heterocycles. The average Bonchev–Trinajstić information content (AvgIpc) is 2.54. The first-order valence-corrected chi connectivity index (χ1v) is 8.41. The summed E-state index contributed by atoms with van der Waals surface area (Å²) in [6, 6.07) is 8.82.